The summed E-state index contributed by atoms with van der Waals surface area (Å²) in [5.41, 5.74) is 8.21. The molecule has 31 nitrogen and oxygen atoms in total. The summed E-state index contributed by atoms with van der Waals surface area (Å²) in [5, 5.41) is 48.0. The number of fused-ring (bicyclic) bond motifs is 1. The van der Waals surface area contributed by atoms with Crippen molar-refractivity contribution < 1.29 is 57.8 Å². The van der Waals surface area contributed by atoms with Gasteiger partial charge in [0.2, 0.25) is 65.0 Å². The molecule has 90 heavy (non-hydrogen) atoms. The molecule has 0 aliphatic carbocycles. The van der Waals surface area contributed by atoms with Gasteiger partial charge in [-0.25, -0.2) is 9.97 Å². The van der Waals surface area contributed by atoms with E-state index in [1.165, 1.54) is 39.0 Å². The lowest BCUT2D eigenvalue weighted by Gasteiger charge is -2.31. The van der Waals surface area contributed by atoms with Crippen LogP contribution < -0.4 is 64.2 Å². The van der Waals surface area contributed by atoms with Gasteiger partial charge in [-0.1, -0.05) is 48.5 Å². The minimum atomic E-state index is -1.72. The summed E-state index contributed by atoms with van der Waals surface area (Å²) in [6.45, 7) is 0.275. The third kappa shape index (κ3) is 19.7. The number of rotatable bonds is 20. The van der Waals surface area contributed by atoms with Gasteiger partial charge in [-0.15, -0.1) is 0 Å². The van der Waals surface area contributed by atoms with Gasteiger partial charge in [0.1, 0.15) is 54.4 Å². The highest BCUT2D eigenvalue weighted by molar-refractivity contribution is 6.00. The van der Waals surface area contributed by atoms with E-state index in [4.69, 9.17) is 11.1 Å². The summed E-state index contributed by atoms with van der Waals surface area (Å²) in [5.74, 6) is -9.22. The van der Waals surface area contributed by atoms with Crippen LogP contribution in [0.2, 0.25) is 0 Å². The van der Waals surface area contributed by atoms with Gasteiger partial charge in [-0.3, -0.25) is 58.1 Å². The van der Waals surface area contributed by atoms with Crippen LogP contribution >= 0.6 is 0 Å². The molecule has 18 N–H and O–H groups in total. The third-order valence-electron chi connectivity index (χ3n) is 15.3. The number of amides is 11. The zero-order valence-corrected chi connectivity index (χ0v) is 49.9. The van der Waals surface area contributed by atoms with Crippen LogP contribution in [0.3, 0.4) is 0 Å². The third-order valence-corrected chi connectivity index (χ3v) is 15.3. The molecule has 3 aromatic heterocycles. The highest BCUT2D eigenvalue weighted by atomic mass is 16.3. The van der Waals surface area contributed by atoms with E-state index in [-0.39, 0.29) is 96.2 Å². The number of guanidine groups is 1. The number of aliphatic hydroxyl groups excluding tert-OH is 1. The number of likely N-dealkylation sites (tertiary alicyclic amines) is 1. The Labute approximate surface area is 517 Å². The van der Waals surface area contributed by atoms with Crippen molar-refractivity contribution in [3.63, 3.8) is 0 Å². The zero-order chi connectivity index (χ0) is 64.7. The van der Waals surface area contributed by atoms with Crippen molar-refractivity contribution in [1.29, 1.82) is 5.41 Å². The molecule has 5 heterocycles. The Bertz CT molecular complexity index is 3300. The highest BCUT2D eigenvalue weighted by Crippen LogP contribution is 2.22. The van der Waals surface area contributed by atoms with Gasteiger partial charge in [0, 0.05) is 88.8 Å². The van der Waals surface area contributed by atoms with Crippen LogP contribution in [-0.4, -0.2) is 194 Å². The van der Waals surface area contributed by atoms with Gasteiger partial charge in [-0.2, -0.15) is 0 Å². The molecular weight excluding hydrogens is 1170 g/mol. The Morgan fingerprint density at radius 1 is 0.722 bits per heavy atom. The number of imidazole rings is 2. The Balaban J connectivity index is 1.23. The Morgan fingerprint density at radius 2 is 1.37 bits per heavy atom. The number of para-hydroxylation sites is 1. The number of H-pyrrole nitrogens is 3. The van der Waals surface area contributed by atoms with Gasteiger partial charge in [0.25, 0.3) is 0 Å². The average Bonchev–Trinajstić information content (AvgIpc) is 2.80. The summed E-state index contributed by atoms with van der Waals surface area (Å²) in [6.07, 6.45) is 6.95. The number of nitrogens with two attached hydrogens (primary N) is 1. The maximum Gasteiger partial charge on any atom is 0.246 e. The van der Waals surface area contributed by atoms with Crippen LogP contribution in [0.5, 0.6) is 0 Å². The van der Waals surface area contributed by atoms with E-state index >= 15 is 14.4 Å². The molecule has 7 rings (SSSR count). The smallest absolute Gasteiger partial charge is 0.246 e. The molecule has 482 valence electrons. The predicted octanol–water partition coefficient (Wildman–Crippen LogP) is -3.53. The average molecular weight is 1250 g/mol. The van der Waals surface area contributed by atoms with E-state index in [0.29, 0.717) is 33.4 Å². The SMILES string of the molecule is CNC(=O)[C@H](Cc1c[nH]cn1)NC(=O)[C@H](CO)NC(=O)[C@@H]1CCCN1C(=O)[C@@H]1CC(=O)NCCCC[C@H](NC(C)=O)C(=O)N[C@@H](Cc2c[nH]cn2)C(=O)N[C@H](Cc2ccccc2)C(=O)N[C@@H](CCCNC(=N)N)C(=O)N[C@@H](Cc2c[nH]c3ccccc23)C(=O)N1. The van der Waals surface area contributed by atoms with E-state index in [9.17, 15) is 43.5 Å². The van der Waals surface area contributed by atoms with E-state index in [1.807, 2.05) is 0 Å². The number of carbonyl (C=O) groups excluding carboxylic acids is 11. The molecule has 0 bridgehead atoms. The zero-order valence-electron chi connectivity index (χ0n) is 49.9. The van der Waals surface area contributed by atoms with Gasteiger partial charge in [-0.05, 0) is 62.1 Å². The summed E-state index contributed by atoms with van der Waals surface area (Å²) in [4.78, 5) is 174. The second kappa shape index (κ2) is 33.2. The first-order chi connectivity index (χ1) is 43.3. The monoisotopic (exact) mass is 1250 g/mol. The molecule has 2 aromatic carbocycles. The van der Waals surface area contributed by atoms with Crippen LogP contribution in [0.4, 0.5) is 0 Å². The van der Waals surface area contributed by atoms with Gasteiger partial charge in [0.05, 0.1) is 37.1 Å². The molecular formula is C59H79N19O12. The predicted molar refractivity (Wildman–Crippen MR) is 324 cm³/mol. The number of aromatic amines is 3. The van der Waals surface area contributed by atoms with Gasteiger partial charge >= 0.3 is 0 Å². The number of benzene rings is 2. The van der Waals surface area contributed by atoms with Crippen LogP contribution in [0, 0.1) is 5.41 Å². The van der Waals surface area contributed by atoms with Crippen molar-refractivity contribution in [3.8, 4) is 0 Å². The van der Waals surface area contributed by atoms with E-state index < -0.39 is 132 Å². The number of likely N-dealkylation sites (N-methyl/N-ethyl adjacent to an activating group) is 1. The summed E-state index contributed by atoms with van der Waals surface area (Å²) >= 11 is 0. The fraction of sp³-hybridized carbons (Fsp3) is 0.458. The maximum absolute atomic E-state index is 15.2. The summed E-state index contributed by atoms with van der Waals surface area (Å²) in [6, 6.07) is 3.01. The van der Waals surface area contributed by atoms with Crippen molar-refractivity contribution in [3.05, 3.63) is 108 Å². The minimum absolute atomic E-state index is 0.0212. The lowest BCUT2D eigenvalue weighted by molar-refractivity contribution is -0.144. The number of aromatic nitrogens is 5. The first-order valence-corrected chi connectivity index (χ1v) is 29.7. The van der Waals surface area contributed by atoms with Crippen molar-refractivity contribution in [1.82, 2.24) is 88.3 Å². The van der Waals surface area contributed by atoms with Crippen molar-refractivity contribution in [2.24, 2.45) is 5.73 Å². The first kappa shape index (κ1) is 67.3. The molecule has 0 spiro atoms. The van der Waals surface area contributed by atoms with Crippen LogP contribution in [-0.2, 0) is 78.4 Å². The molecule has 11 amide bonds. The Hall–Kier alpha value is -10.2. The molecule has 0 saturated carbocycles. The fourth-order valence-electron chi connectivity index (χ4n) is 10.7. The largest absolute Gasteiger partial charge is 0.394 e. The molecule has 0 unspecified atom stereocenters. The number of nitrogens with zero attached hydrogens (tertiary/aromatic N) is 3. The van der Waals surface area contributed by atoms with E-state index in [0.717, 1.165) is 4.90 Å². The second-order valence-electron chi connectivity index (χ2n) is 22.0. The summed E-state index contributed by atoms with van der Waals surface area (Å²) in [7, 11) is 1.37. The molecule has 2 fully saturated rings. The first-order valence-electron chi connectivity index (χ1n) is 29.7. The molecule has 5 aromatic rings. The molecule has 0 radical (unpaired) electrons. The molecule has 2 saturated heterocycles. The van der Waals surface area contributed by atoms with Gasteiger partial charge in [0.15, 0.2) is 5.96 Å². The highest BCUT2D eigenvalue weighted by Gasteiger charge is 2.41. The summed E-state index contributed by atoms with van der Waals surface area (Å²) < 4.78 is 0. The van der Waals surface area contributed by atoms with Crippen LogP contribution in [0.25, 0.3) is 10.9 Å². The van der Waals surface area contributed by atoms with Crippen molar-refractivity contribution >= 4 is 81.8 Å². The number of carbonyl (C=O) groups is 11. The van der Waals surface area contributed by atoms with Crippen molar-refractivity contribution in [2.75, 3.05) is 33.3 Å². The molecule has 2 aliphatic rings. The van der Waals surface area contributed by atoms with Crippen molar-refractivity contribution in [2.45, 2.75) is 138 Å². The standard InChI is InChI=1S/C59H79N19O12/c1-33(80)70-40-16-8-9-19-65-49(81)26-46(58(90)78-21-11-18-48(78)57(89)77-47(30-79)56(88)74-44(50(82)62-2)24-36-28-63-31-68-36)76-54(86)43(23-35-27-67-39-15-7-6-14-38(35)39)73-52(84)41(17-10-20-66-59(60)61)71-53(85)42(22-34-12-4-3-5-13-34)72-55(87)45(75-51(40)83)25-37-29-64-32-69-37/h3-7,12-15,27-29,31-32,40-48,67,79H,8-11,16-26,30H2,1-2H3,(H,62,82)(H,63,68)(H,64,69)(H,65,81)(H,70,80)(H,71,85)(H,72,87)(H,73,84)(H,74,88)(H,75,83)(H,76,86)(H,77,89)(H4,60,61,66)/t40-,41-,42+,43-,44-,45-,46-,47-,48-/m0/s1. The molecule has 9 atom stereocenters. The van der Waals surface area contributed by atoms with E-state index in [2.05, 4.69) is 83.4 Å². The number of hydrogen-bond donors (Lipinski definition) is 17. The lowest BCUT2D eigenvalue weighted by atomic mass is 10.0. The fourth-order valence-corrected chi connectivity index (χ4v) is 10.7. The van der Waals surface area contributed by atoms with Crippen LogP contribution in [0.15, 0.2) is 85.8 Å². The maximum atomic E-state index is 15.2. The number of nitrogens with one attached hydrogen (secondary N) is 15. The normalized spacial score (nSPS) is 21.6. The Morgan fingerprint density at radius 3 is 2.04 bits per heavy atom. The molecule has 31 heteroatoms. The lowest BCUT2D eigenvalue weighted by Crippen LogP contribution is -2.61. The quantitative estimate of drug-likeness (QED) is 0.0204. The van der Waals surface area contributed by atoms with Gasteiger partial charge < -0.3 is 89.2 Å². The second-order valence-corrected chi connectivity index (χ2v) is 22.0. The van der Waals surface area contributed by atoms with Crippen LogP contribution in [0.1, 0.15) is 80.8 Å². The number of hydrogen-bond acceptors (Lipinski definition) is 15. The topological polar surface area (TPSA) is 467 Å². The Kier molecular flexibility index (Phi) is 24.9. The van der Waals surface area contributed by atoms with E-state index in [1.54, 1.807) is 60.8 Å². The minimum Gasteiger partial charge on any atom is -0.394 e. The molecule has 2 aliphatic heterocycles. The number of aliphatic hydroxyl groups is 1.